The Labute approximate surface area is 292 Å². The molecular weight excluding hydrogens is 675 g/mol. The van der Waals surface area contributed by atoms with E-state index in [1.165, 1.54) is 21.5 Å². The fraction of sp³-hybridized carbons (Fsp3) is 0.906. The molecular formula is C32H59N7O8S2. The van der Waals surface area contributed by atoms with Crippen molar-refractivity contribution < 1.29 is 36.4 Å². The summed E-state index contributed by atoms with van der Waals surface area (Å²) in [5, 5.41) is 15.6. The van der Waals surface area contributed by atoms with Gasteiger partial charge in [-0.05, 0) is 63.2 Å². The van der Waals surface area contributed by atoms with Gasteiger partial charge < -0.3 is 26.2 Å². The largest absolute Gasteiger partial charge is 0.409 e. The summed E-state index contributed by atoms with van der Waals surface area (Å²) in [4.78, 5) is 19.0. The molecule has 15 nitrogen and oxygen atoms in total. The fourth-order valence-corrected chi connectivity index (χ4v) is 12.0. The lowest BCUT2D eigenvalue weighted by atomic mass is 9.91. The third-order valence-electron chi connectivity index (χ3n) is 10.5. The topological polar surface area (TPSA) is 211 Å². The third kappa shape index (κ3) is 12.3. The van der Waals surface area contributed by atoms with Gasteiger partial charge in [0.05, 0.1) is 43.3 Å². The second-order valence-electron chi connectivity index (χ2n) is 14.2. The summed E-state index contributed by atoms with van der Waals surface area (Å²) < 4.78 is 59.6. The Morgan fingerprint density at radius 2 is 1.12 bits per heavy atom. The maximum Gasteiger partial charge on any atom is 0.348 e. The van der Waals surface area contributed by atoms with Crippen LogP contribution in [0.3, 0.4) is 0 Å². The lowest BCUT2D eigenvalue weighted by molar-refractivity contribution is -0.146. The third-order valence-corrected chi connectivity index (χ3v) is 14.6. The Hall–Kier alpha value is -2.05. The van der Waals surface area contributed by atoms with Gasteiger partial charge in [0.25, 0.3) is 0 Å². The summed E-state index contributed by atoms with van der Waals surface area (Å²) in [5.41, 5.74) is 11.7. The number of hydrogen-bond acceptors (Lipinski definition) is 11. The van der Waals surface area contributed by atoms with Gasteiger partial charge in [0.2, 0.25) is 20.0 Å². The number of oxime groups is 2. The number of carbonyl (C=O) groups excluding carboxylic acids is 1. The van der Waals surface area contributed by atoms with Crippen LogP contribution in [0.15, 0.2) is 10.3 Å². The summed E-state index contributed by atoms with van der Waals surface area (Å²) in [6.07, 6.45) is 15.5. The van der Waals surface area contributed by atoms with Crippen LogP contribution in [0.25, 0.3) is 0 Å². The molecule has 2 aliphatic carbocycles. The Balaban J connectivity index is 0.000000237. The second kappa shape index (κ2) is 19.5. The van der Waals surface area contributed by atoms with Gasteiger partial charge in [-0.2, -0.15) is 8.61 Å². The van der Waals surface area contributed by atoms with Crippen LogP contribution in [0.4, 0.5) is 0 Å². The van der Waals surface area contributed by atoms with Crippen LogP contribution >= 0.6 is 0 Å². The van der Waals surface area contributed by atoms with Gasteiger partial charge in [-0.25, -0.2) is 21.6 Å². The van der Waals surface area contributed by atoms with Gasteiger partial charge in [-0.1, -0.05) is 61.7 Å². The minimum Gasteiger partial charge on any atom is -0.409 e. The minimum absolute atomic E-state index is 0.0110. The van der Waals surface area contributed by atoms with E-state index in [1.54, 1.807) is 0 Å². The van der Waals surface area contributed by atoms with Crippen LogP contribution < -0.4 is 11.5 Å². The molecule has 0 aromatic rings. The lowest BCUT2D eigenvalue weighted by Gasteiger charge is -2.35. The molecule has 0 aromatic carbocycles. The van der Waals surface area contributed by atoms with Crippen molar-refractivity contribution in [3.63, 3.8) is 0 Å². The maximum absolute atomic E-state index is 13.1. The van der Waals surface area contributed by atoms with Gasteiger partial charge in [-0.3, -0.25) is 4.90 Å². The number of nitrogens with two attached hydrogens (primary N) is 2. The van der Waals surface area contributed by atoms with Gasteiger partial charge in [-0.15, -0.1) is 0 Å². The van der Waals surface area contributed by atoms with E-state index in [4.69, 9.17) is 26.2 Å². The molecule has 3 saturated heterocycles. The molecule has 282 valence electrons. The molecule has 5 aliphatic rings. The van der Waals surface area contributed by atoms with Crippen molar-refractivity contribution in [2.75, 3.05) is 57.4 Å². The van der Waals surface area contributed by atoms with Crippen LogP contribution in [-0.4, -0.2) is 123 Å². The summed E-state index contributed by atoms with van der Waals surface area (Å²) in [5.74, 6) is 0.450. The van der Waals surface area contributed by atoms with Crippen molar-refractivity contribution in [3.8, 4) is 0 Å². The zero-order valence-electron chi connectivity index (χ0n) is 29.0. The average molecular weight is 734 g/mol. The molecule has 0 aromatic heterocycles. The summed E-state index contributed by atoms with van der Waals surface area (Å²) >= 11 is 0. The number of hydrogen-bond donors (Lipinski definition) is 3. The highest BCUT2D eigenvalue weighted by molar-refractivity contribution is 7.89. The molecule has 3 aliphatic heterocycles. The van der Waals surface area contributed by atoms with Crippen LogP contribution in [0.2, 0.25) is 0 Å². The number of carbonyl (C=O) groups is 1. The standard InChI is InChI=1S/C19H34N4O5S.C13H25N3O3S/c20-19(21-28-18(24)14-22-10-12-27-13-11-22)17-8-4-5-9-23(17)29(25,26)15-16-6-2-1-3-7-16;14-13(15-17)12-8-4-5-9-16(12)20(18,19)10-11-6-2-1-3-7-11/h16-17H,1-15H2,(H2,20,21);11-12,17H,1-10H2,(H2,14,15)/t17-;12-/m00/s1. The smallest absolute Gasteiger partial charge is 0.348 e. The summed E-state index contributed by atoms with van der Waals surface area (Å²) in [6.45, 7) is 3.57. The zero-order chi connectivity index (χ0) is 35.3. The van der Waals surface area contributed by atoms with E-state index < -0.39 is 38.1 Å². The molecule has 2 atom stereocenters. The Kier molecular flexibility index (Phi) is 15.8. The Morgan fingerprint density at radius 3 is 1.59 bits per heavy atom. The summed E-state index contributed by atoms with van der Waals surface area (Å²) in [6, 6.07) is -1.00. The first-order chi connectivity index (χ1) is 23.5. The first-order valence-electron chi connectivity index (χ1n) is 18.3. The van der Waals surface area contributed by atoms with Crippen molar-refractivity contribution >= 4 is 37.7 Å². The minimum atomic E-state index is -3.43. The molecule has 0 unspecified atom stereocenters. The van der Waals surface area contributed by atoms with E-state index in [-0.39, 0.29) is 41.6 Å². The number of piperidine rings is 2. The monoisotopic (exact) mass is 733 g/mol. The van der Waals surface area contributed by atoms with E-state index in [0.717, 1.165) is 77.0 Å². The Morgan fingerprint density at radius 1 is 0.673 bits per heavy atom. The quantitative estimate of drug-likeness (QED) is 0.0923. The number of rotatable bonds is 11. The van der Waals surface area contributed by atoms with Crippen molar-refractivity contribution in [1.29, 1.82) is 0 Å². The molecule has 0 radical (unpaired) electrons. The van der Waals surface area contributed by atoms with Gasteiger partial charge in [0.15, 0.2) is 11.7 Å². The van der Waals surface area contributed by atoms with Crippen molar-refractivity contribution in [2.24, 2.45) is 33.6 Å². The number of amidine groups is 2. The van der Waals surface area contributed by atoms with Crippen LogP contribution in [0.5, 0.6) is 0 Å². The van der Waals surface area contributed by atoms with Crippen LogP contribution in [-0.2, 0) is 34.4 Å². The Bertz CT molecular complexity index is 1310. The zero-order valence-corrected chi connectivity index (χ0v) is 30.6. The van der Waals surface area contributed by atoms with Gasteiger partial charge >= 0.3 is 5.97 Å². The molecule has 0 bridgehead atoms. The van der Waals surface area contributed by atoms with Gasteiger partial charge in [0.1, 0.15) is 0 Å². The normalized spacial score (nSPS) is 26.9. The van der Waals surface area contributed by atoms with Crippen LogP contribution in [0, 0.1) is 11.8 Å². The second-order valence-corrected chi connectivity index (χ2v) is 18.1. The fourth-order valence-electron chi connectivity index (χ4n) is 7.76. The maximum atomic E-state index is 13.1. The average Bonchev–Trinajstić information content (AvgIpc) is 3.11. The van der Waals surface area contributed by atoms with E-state index >= 15 is 0 Å². The predicted octanol–water partition coefficient (Wildman–Crippen LogP) is 2.40. The molecule has 0 spiro atoms. The molecule has 49 heavy (non-hydrogen) atoms. The number of nitrogens with zero attached hydrogens (tertiary/aromatic N) is 5. The molecule has 2 saturated carbocycles. The predicted molar refractivity (Wildman–Crippen MR) is 188 cm³/mol. The molecule has 5 fully saturated rings. The first-order valence-corrected chi connectivity index (χ1v) is 21.5. The molecule has 5 N–H and O–H groups in total. The highest BCUT2D eigenvalue weighted by Crippen LogP contribution is 2.30. The highest BCUT2D eigenvalue weighted by atomic mass is 32.2. The van der Waals surface area contributed by atoms with E-state index in [2.05, 4.69) is 10.3 Å². The van der Waals surface area contributed by atoms with Crippen molar-refractivity contribution in [3.05, 3.63) is 0 Å². The van der Waals surface area contributed by atoms with Crippen LogP contribution in [0.1, 0.15) is 103 Å². The highest BCUT2D eigenvalue weighted by Gasteiger charge is 2.38. The van der Waals surface area contributed by atoms with E-state index in [0.29, 0.717) is 52.2 Å². The number of sulfonamides is 2. The lowest BCUT2D eigenvalue weighted by Crippen LogP contribution is -2.51. The molecule has 5 rings (SSSR count). The van der Waals surface area contributed by atoms with E-state index in [9.17, 15) is 21.6 Å². The van der Waals surface area contributed by atoms with E-state index in [1.807, 2.05) is 4.90 Å². The molecule has 0 amide bonds. The number of morpholine rings is 1. The SMILES string of the molecule is N/C(=N\O)[C@@H]1CCCCN1S(=O)(=O)CC1CCCCC1.N/C(=N\OC(=O)CN1CCOCC1)[C@@H]1CCCCN1S(=O)(=O)CC1CCCCC1. The first kappa shape index (κ1) is 39.7. The van der Waals surface area contributed by atoms with Crippen molar-refractivity contribution in [2.45, 2.75) is 115 Å². The molecule has 17 heteroatoms. The van der Waals surface area contributed by atoms with Gasteiger partial charge in [0, 0.05) is 26.2 Å². The van der Waals surface area contributed by atoms with Crippen molar-refractivity contribution in [1.82, 2.24) is 13.5 Å². The summed E-state index contributed by atoms with van der Waals surface area (Å²) in [7, 11) is -6.75. The number of ether oxygens (including phenoxy) is 1. The molecule has 3 heterocycles.